The fourth-order valence-electron chi connectivity index (χ4n) is 2.83. The summed E-state index contributed by atoms with van der Waals surface area (Å²) in [4.78, 5) is 24.9. The van der Waals surface area contributed by atoms with E-state index in [9.17, 15) is 9.59 Å². The lowest BCUT2D eigenvalue weighted by atomic mass is 9.86. The van der Waals surface area contributed by atoms with E-state index in [0.29, 0.717) is 19.4 Å². The molecule has 0 aromatic rings. The molecule has 0 unspecified atom stereocenters. The molecule has 1 saturated carbocycles. The van der Waals surface area contributed by atoms with Crippen LogP contribution in [0.25, 0.3) is 0 Å². The van der Waals surface area contributed by atoms with Gasteiger partial charge in [-0.25, -0.2) is 0 Å². The minimum absolute atomic E-state index is 0.0701. The number of hydrogen-bond donors (Lipinski definition) is 3. The average Bonchev–Trinajstić information content (AvgIpc) is 2.40. The first-order valence-corrected chi connectivity index (χ1v) is 7.10. The monoisotopic (exact) mass is 269 g/mol. The number of amides is 1. The summed E-state index contributed by atoms with van der Waals surface area (Å²) in [6.07, 6.45) is 2.91. The van der Waals surface area contributed by atoms with E-state index < -0.39 is 5.97 Å². The van der Waals surface area contributed by atoms with Crippen LogP contribution in [0.15, 0.2) is 0 Å². The number of carbonyl (C=O) groups is 2. The Bertz CT molecular complexity index is 321. The van der Waals surface area contributed by atoms with E-state index in [4.69, 9.17) is 5.11 Å². The topological polar surface area (TPSA) is 81.7 Å². The molecule has 0 spiro atoms. The van der Waals surface area contributed by atoms with Crippen molar-refractivity contribution in [3.8, 4) is 0 Å². The molecular weight excluding hydrogens is 246 g/mol. The molecule has 3 N–H and O–H groups in total. The molecule has 2 aliphatic rings. The molecule has 0 atom stereocenters. The van der Waals surface area contributed by atoms with Gasteiger partial charge in [-0.2, -0.15) is 0 Å². The molecular formula is C13H23N3O3. The van der Waals surface area contributed by atoms with Crippen molar-refractivity contribution >= 4 is 11.9 Å². The van der Waals surface area contributed by atoms with Gasteiger partial charge in [0.15, 0.2) is 0 Å². The van der Waals surface area contributed by atoms with Crippen molar-refractivity contribution in [2.24, 2.45) is 5.92 Å². The summed E-state index contributed by atoms with van der Waals surface area (Å²) in [7, 11) is 0. The predicted molar refractivity (Wildman–Crippen MR) is 70.8 cm³/mol. The van der Waals surface area contributed by atoms with Crippen molar-refractivity contribution in [2.45, 2.75) is 31.7 Å². The zero-order chi connectivity index (χ0) is 13.7. The molecule has 2 rings (SSSR count). The van der Waals surface area contributed by atoms with Crippen LogP contribution in [0.2, 0.25) is 0 Å². The zero-order valence-corrected chi connectivity index (χ0v) is 11.2. The van der Waals surface area contributed by atoms with Gasteiger partial charge in [0.2, 0.25) is 5.91 Å². The van der Waals surface area contributed by atoms with Crippen molar-refractivity contribution in [3.63, 3.8) is 0 Å². The van der Waals surface area contributed by atoms with Gasteiger partial charge in [-0.05, 0) is 25.7 Å². The normalized spacial score (nSPS) is 28.8. The fraction of sp³-hybridized carbons (Fsp3) is 0.846. The van der Waals surface area contributed by atoms with Gasteiger partial charge in [0.25, 0.3) is 0 Å². The number of nitrogens with one attached hydrogen (secondary N) is 2. The lowest BCUT2D eigenvalue weighted by Crippen LogP contribution is -2.49. The highest BCUT2D eigenvalue weighted by Gasteiger charge is 2.27. The van der Waals surface area contributed by atoms with E-state index in [2.05, 4.69) is 15.5 Å². The molecule has 0 radical (unpaired) electrons. The zero-order valence-electron chi connectivity index (χ0n) is 11.2. The Morgan fingerprint density at radius 1 is 1.16 bits per heavy atom. The van der Waals surface area contributed by atoms with Gasteiger partial charge in [-0.3, -0.25) is 14.5 Å². The Morgan fingerprint density at radius 2 is 1.79 bits per heavy atom. The number of carboxylic acid groups (broad SMARTS) is 1. The molecule has 19 heavy (non-hydrogen) atoms. The van der Waals surface area contributed by atoms with Gasteiger partial charge < -0.3 is 15.7 Å². The van der Waals surface area contributed by atoms with E-state index in [0.717, 1.165) is 39.0 Å². The van der Waals surface area contributed by atoms with Gasteiger partial charge in [-0.15, -0.1) is 0 Å². The fourth-order valence-corrected chi connectivity index (χ4v) is 2.83. The van der Waals surface area contributed by atoms with Crippen molar-refractivity contribution in [2.75, 3.05) is 32.7 Å². The standard InChI is InChI=1S/C13H23N3O3/c17-12(9-16-7-5-14-6-8-16)15-11-3-1-10(2-4-11)13(18)19/h10-11,14H,1-9H2,(H,15,17)(H,18,19). The Balaban J connectivity index is 1.67. The Morgan fingerprint density at radius 3 is 2.37 bits per heavy atom. The first-order valence-electron chi connectivity index (χ1n) is 7.10. The number of hydrogen-bond acceptors (Lipinski definition) is 4. The van der Waals surface area contributed by atoms with Crippen molar-refractivity contribution in [3.05, 3.63) is 0 Å². The second-order valence-electron chi connectivity index (χ2n) is 5.48. The number of nitrogens with zero attached hydrogens (tertiary/aromatic N) is 1. The van der Waals surface area contributed by atoms with Crippen molar-refractivity contribution in [1.29, 1.82) is 0 Å². The predicted octanol–water partition coefficient (Wildman–Crippen LogP) is -0.349. The van der Waals surface area contributed by atoms with E-state index in [1.165, 1.54) is 0 Å². The third-order valence-electron chi connectivity index (χ3n) is 4.02. The van der Waals surface area contributed by atoms with Gasteiger partial charge in [-0.1, -0.05) is 0 Å². The van der Waals surface area contributed by atoms with Gasteiger partial charge in [0.05, 0.1) is 12.5 Å². The van der Waals surface area contributed by atoms with Crippen LogP contribution in [0, 0.1) is 5.92 Å². The highest BCUT2D eigenvalue weighted by atomic mass is 16.4. The number of piperazine rings is 1. The summed E-state index contributed by atoms with van der Waals surface area (Å²) in [6.45, 7) is 4.17. The van der Waals surface area contributed by atoms with E-state index in [1.54, 1.807) is 0 Å². The summed E-state index contributed by atoms with van der Waals surface area (Å²) < 4.78 is 0. The van der Waals surface area contributed by atoms with E-state index in [1.807, 2.05) is 0 Å². The van der Waals surface area contributed by atoms with Crippen molar-refractivity contribution < 1.29 is 14.7 Å². The van der Waals surface area contributed by atoms with Crippen LogP contribution in [0.1, 0.15) is 25.7 Å². The average molecular weight is 269 g/mol. The highest BCUT2D eigenvalue weighted by Crippen LogP contribution is 2.24. The van der Waals surface area contributed by atoms with Crippen LogP contribution < -0.4 is 10.6 Å². The van der Waals surface area contributed by atoms with E-state index >= 15 is 0 Å². The molecule has 0 aromatic carbocycles. The van der Waals surface area contributed by atoms with Crippen LogP contribution in [-0.2, 0) is 9.59 Å². The third kappa shape index (κ3) is 4.47. The highest BCUT2D eigenvalue weighted by molar-refractivity contribution is 5.78. The molecule has 1 heterocycles. The maximum atomic E-state index is 11.9. The summed E-state index contributed by atoms with van der Waals surface area (Å²) in [5, 5.41) is 15.2. The van der Waals surface area contributed by atoms with E-state index in [-0.39, 0.29) is 17.9 Å². The second kappa shape index (κ2) is 6.86. The smallest absolute Gasteiger partial charge is 0.306 e. The maximum absolute atomic E-state index is 11.9. The molecule has 6 nitrogen and oxygen atoms in total. The molecule has 1 amide bonds. The number of aliphatic carboxylic acids is 1. The quantitative estimate of drug-likeness (QED) is 0.650. The molecule has 108 valence electrons. The molecule has 0 bridgehead atoms. The van der Waals surface area contributed by atoms with Gasteiger partial charge >= 0.3 is 5.97 Å². The lowest BCUT2D eigenvalue weighted by Gasteiger charge is -2.29. The summed E-state index contributed by atoms with van der Waals surface area (Å²) in [6, 6.07) is 0.158. The first kappa shape index (κ1) is 14.3. The molecule has 1 aliphatic carbocycles. The van der Waals surface area contributed by atoms with Crippen molar-refractivity contribution in [1.82, 2.24) is 15.5 Å². The Kier molecular flexibility index (Phi) is 5.15. The minimum atomic E-state index is -0.703. The van der Waals surface area contributed by atoms with Crippen LogP contribution >= 0.6 is 0 Å². The van der Waals surface area contributed by atoms with Crippen LogP contribution in [0.4, 0.5) is 0 Å². The Hall–Kier alpha value is -1.14. The summed E-state index contributed by atoms with van der Waals surface area (Å²) in [5.74, 6) is -0.854. The SMILES string of the molecule is O=C(CN1CCNCC1)NC1CCC(C(=O)O)CC1. The summed E-state index contributed by atoms with van der Waals surface area (Å²) in [5.41, 5.74) is 0. The second-order valence-corrected chi connectivity index (χ2v) is 5.48. The van der Waals surface area contributed by atoms with Crippen LogP contribution in [-0.4, -0.2) is 60.6 Å². The third-order valence-corrected chi connectivity index (χ3v) is 4.02. The molecule has 0 aromatic heterocycles. The Labute approximate surface area is 113 Å². The summed E-state index contributed by atoms with van der Waals surface area (Å²) >= 11 is 0. The van der Waals surface area contributed by atoms with Gasteiger partial charge in [0, 0.05) is 32.2 Å². The van der Waals surface area contributed by atoms with Crippen LogP contribution in [0.3, 0.4) is 0 Å². The first-order chi connectivity index (χ1) is 9.15. The molecule has 6 heteroatoms. The number of carboxylic acids is 1. The van der Waals surface area contributed by atoms with Gasteiger partial charge in [0.1, 0.15) is 0 Å². The molecule has 1 aliphatic heterocycles. The lowest BCUT2D eigenvalue weighted by molar-refractivity contribution is -0.142. The number of carbonyl (C=O) groups excluding carboxylic acids is 1. The minimum Gasteiger partial charge on any atom is -0.481 e. The van der Waals surface area contributed by atoms with Crippen LogP contribution in [0.5, 0.6) is 0 Å². The molecule has 2 fully saturated rings. The molecule has 1 saturated heterocycles. The largest absolute Gasteiger partial charge is 0.481 e. The number of rotatable bonds is 4. The maximum Gasteiger partial charge on any atom is 0.306 e.